The summed E-state index contributed by atoms with van der Waals surface area (Å²) < 4.78 is 39.5. The minimum atomic E-state index is -4.44. The Morgan fingerprint density at radius 3 is 2.71 bits per heavy atom. The number of hydrogen-bond acceptors (Lipinski definition) is 3. The normalized spacial score (nSPS) is 19.8. The summed E-state index contributed by atoms with van der Waals surface area (Å²) >= 11 is 0. The first-order valence-corrected chi connectivity index (χ1v) is 9.70. The van der Waals surface area contributed by atoms with Crippen LogP contribution in [0.3, 0.4) is 0 Å². The van der Waals surface area contributed by atoms with E-state index in [1.807, 2.05) is 0 Å². The lowest BCUT2D eigenvalue weighted by atomic mass is 9.96. The predicted molar refractivity (Wildman–Crippen MR) is 99.2 cm³/mol. The minimum Gasteiger partial charge on any atom is -0.349 e. The minimum absolute atomic E-state index is 0.172. The summed E-state index contributed by atoms with van der Waals surface area (Å²) in [6.07, 6.45) is 4.43. The number of pyridine rings is 1. The van der Waals surface area contributed by atoms with Crippen molar-refractivity contribution in [3.05, 3.63) is 41.3 Å². The van der Waals surface area contributed by atoms with Crippen LogP contribution in [-0.2, 0) is 6.18 Å². The molecular weight excluding hydrogens is 369 g/mol. The van der Waals surface area contributed by atoms with Crippen LogP contribution in [0.1, 0.15) is 67.1 Å². The molecule has 0 bridgehead atoms. The van der Waals surface area contributed by atoms with Gasteiger partial charge < -0.3 is 5.32 Å². The number of hydrogen-bond donors (Lipinski definition) is 1. The second-order valence-corrected chi connectivity index (χ2v) is 7.37. The van der Waals surface area contributed by atoms with E-state index >= 15 is 0 Å². The SMILES string of the molecule is CCCCC1CCCC1NC(=O)c1cnn(-c2ccc(C(F)(F)F)cn2)c1C. The van der Waals surface area contributed by atoms with E-state index in [4.69, 9.17) is 0 Å². The maximum Gasteiger partial charge on any atom is 0.417 e. The third-order valence-electron chi connectivity index (χ3n) is 5.45. The van der Waals surface area contributed by atoms with Crippen LogP contribution in [0.5, 0.6) is 0 Å². The fourth-order valence-electron chi connectivity index (χ4n) is 3.83. The molecule has 2 atom stereocenters. The standard InChI is InChI=1S/C20H25F3N4O/c1-3-4-6-14-7-5-8-17(14)26-19(28)16-12-25-27(13(16)2)18-10-9-15(11-24-18)20(21,22)23/h9-12,14,17H,3-8H2,1-2H3,(H,26,28). The third-order valence-corrected chi connectivity index (χ3v) is 5.45. The number of nitrogens with one attached hydrogen (secondary N) is 1. The number of nitrogens with zero attached hydrogens (tertiary/aromatic N) is 3. The van der Waals surface area contributed by atoms with Crippen LogP contribution in [0.15, 0.2) is 24.5 Å². The summed E-state index contributed by atoms with van der Waals surface area (Å²) in [5, 5.41) is 7.28. The molecule has 8 heteroatoms. The molecule has 1 N–H and O–H groups in total. The lowest BCUT2D eigenvalue weighted by molar-refractivity contribution is -0.137. The molecule has 2 aromatic rings. The zero-order valence-corrected chi connectivity index (χ0v) is 16.1. The highest BCUT2D eigenvalue weighted by Crippen LogP contribution is 2.31. The van der Waals surface area contributed by atoms with Gasteiger partial charge in [0.2, 0.25) is 0 Å². The van der Waals surface area contributed by atoms with E-state index in [1.165, 1.54) is 16.9 Å². The lowest BCUT2D eigenvalue weighted by Gasteiger charge is -2.20. The molecule has 152 valence electrons. The molecule has 0 saturated heterocycles. The van der Waals surface area contributed by atoms with Crippen molar-refractivity contribution in [3.8, 4) is 5.82 Å². The van der Waals surface area contributed by atoms with Gasteiger partial charge in [0.15, 0.2) is 5.82 Å². The number of carbonyl (C=O) groups excluding carboxylic acids is 1. The molecule has 2 heterocycles. The van der Waals surface area contributed by atoms with Crippen LogP contribution in [0.25, 0.3) is 5.82 Å². The van der Waals surface area contributed by atoms with Crippen molar-refractivity contribution in [3.63, 3.8) is 0 Å². The van der Waals surface area contributed by atoms with Gasteiger partial charge in [0.1, 0.15) is 0 Å². The van der Waals surface area contributed by atoms with E-state index in [-0.39, 0.29) is 17.8 Å². The Labute approximate surface area is 162 Å². The van der Waals surface area contributed by atoms with Gasteiger partial charge in [-0.15, -0.1) is 0 Å². The first-order chi connectivity index (χ1) is 13.3. The fourth-order valence-corrected chi connectivity index (χ4v) is 3.83. The molecule has 1 amide bonds. The van der Waals surface area contributed by atoms with Gasteiger partial charge in [-0.3, -0.25) is 4.79 Å². The number of halogens is 3. The topological polar surface area (TPSA) is 59.8 Å². The lowest BCUT2D eigenvalue weighted by Crippen LogP contribution is -2.37. The van der Waals surface area contributed by atoms with Gasteiger partial charge in [0.25, 0.3) is 5.91 Å². The molecule has 0 spiro atoms. The van der Waals surface area contributed by atoms with Crippen LogP contribution in [0.2, 0.25) is 0 Å². The molecule has 1 aliphatic rings. The molecule has 1 aliphatic carbocycles. The second-order valence-electron chi connectivity index (χ2n) is 7.37. The van der Waals surface area contributed by atoms with E-state index in [0.29, 0.717) is 17.2 Å². The average Bonchev–Trinajstić information content (AvgIpc) is 3.25. The first kappa shape index (κ1) is 20.4. The van der Waals surface area contributed by atoms with Gasteiger partial charge in [-0.05, 0) is 44.2 Å². The van der Waals surface area contributed by atoms with E-state index < -0.39 is 11.7 Å². The number of carbonyl (C=O) groups is 1. The highest BCUT2D eigenvalue weighted by molar-refractivity contribution is 5.95. The zero-order valence-electron chi connectivity index (χ0n) is 16.1. The van der Waals surface area contributed by atoms with Crippen molar-refractivity contribution in [1.29, 1.82) is 0 Å². The number of unbranched alkanes of at least 4 members (excludes halogenated alkanes) is 1. The van der Waals surface area contributed by atoms with Crippen LogP contribution in [0.4, 0.5) is 13.2 Å². The maximum atomic E-state index is 12.7. The van der Waals surface area contributed by atoms with Gasteiger partial charge in [0, 0.05) is 12.2 Å². The van der Waals surface area contributed by atoms with Crippen LogP contribution < -0.4 is 5.32 Å². The largest absolute Gasteiger partial charge is 0.417 e. The Morgan fingerprint density at radius 1 is 1.29 bits per heavy atom. The Morgan fingerprint density at radius 2 is 2.07 bits per heavy atom. The van der Waals surface area contributed by atoms with Gasteiger partial charge in [-0.2, -0.15) is 18.3 Å². The van der Waals surface area contributed by atoms with Crippen molar-refractivity contribution < 1.29 is 18.0 Å². The van der Waals surface area contributed by atoms with Crippen molar-refractivity contribution in [2.24, 2.45) is 5.92 Å². The van der Waals surface area contributed by atoms with Crippen molar-refractivity contribution in [2.75, 3.05) is 0 Å². The van der Waals surface area contributed by atoms with Crippen LogP contribution >= 0.6 is 0 Å². The highest BCUT2D eigenvalue weighted by atomic mass is 19.4. The van der Waals surface area contributed by atoms with E-state index in [2.05, 4.69) is 22.3 Å². The molecule has 28 heavy (non-hydrogen) atoms. The summed E-state index contributed by atoms with van der Waals surface area (Å²) in [4.78, 5) is 16.6. The number of rotatable bonds is 6. The van der Waals surface area contributed by atoms with Crippen LogP contribution in [-0.4, -0.2) is 26.7 Å². The van der Waals surface area contributed by atoms with Crippen molar-refractivity contribution in [1.82, 2.24) is 20.1 Å². The first-order valence-electron chi connectivity index (χ1n) is 9.70. The predicted octanol–water partition coefficient (Wildman–Crippen LogP) is 4.68. The van der Waals surface area contributed by atoms with Gasteiger partial charge in [-0.25, -0.2) is 9.67 Å². The Balaban J connectivity index is 1.73. The van der Waals surface area contributed by atoms with E-state index in [0.717, 1.165) is 50.8 Å². The van der Waals surface area contributed by atoms with E-state index in [1.54, 1.807) is 6.92 Å². The van der Waals surface area contributed by atoms with E-state index in [9.17, 15) is 18.0 Å². The van der Waals surface area contributed by atoms with Gasteiger partial charge in [0.05, 0.1) is 23.0 Å². The monoisotopic (exact) mass is 394 g/mol. The summed E-state index contributed by atoms with van der Waals surface area (Å²) in [5.74, 6) is 0.561. The highest BCUT2D eigenvalue weighted by Gasteiger charge is 2.31. The van der Waals surface area contributed by atoms with Crippen molar-refractivity contribution >= 4 is 5.91 Å². The summed E-state index contributed by atoms with van der Waals surface area (Å²) in [6.45, 7) is 3.88. The molecule has 2 aromatic heterocycles. The third kappa shape index (κ3) is 4.36. The molecule has 3 rings (SSSR count). The molecular formula is C20H25F3N4O. The number of alkyl halides is 3. The Bertz CT molecular complexity index is 814. The molecule has 5 nitrogen and oxygen atoms in total. The molecule has 0 radical (unpaired) electrons. The number of aromatic nitrogens is 3. The quantitative estimate of drug-likeness (QED) is 0.774. The van der Waals surface area contributed by atoms with Crippen LogP contribution in [0, 0.1) is 12.8 Å². The summed E-state index contributed by atoms with van der Waals surface area (Å²) in [5.41, 5.74) is 0.147. The van der Waals surface area contributed by atoms with Gasteiger partial charge >= 0.3 is 6.18 Å². The zero-order chi connectivity index (χ0) is 20.3. The fraction of sp³-hybridized carbons (Fsp3) is 0.550. The Kier molecular flexibility index (Phi) is 6.05. The summed E-state index contributed by atoms with van der Waals surface area (Å²) in [7, 11) is 0. The molecule has 1 fully saturated rings. The molecule has 1 saturated carbocycles. The molecule has 2 unspecified atom stereocenters. The second kappa shape index (κ2) is 8.32. The smallest absolute Gasteiger partial charge is 0.349 e. The summed E-state index contributed by atoms with van der Waals surface area (Å²) in [6, 6.07) is 2.38. The molecule has 0 aliphatic heterocycles. The molecule has 0 aromatic carbocycles. The van der Waals surface area contributed by atoms with Crippen molar-refractivity contribution in [2.45, 2.75) is 64.6 Å². The number of amides is 1. The Hall–Kier alpha value is -2.38. The average molecular weight is 394 g/mol. The van der Waals surface area contributed by atoms with Gasteiger partial charge in [-0.1, -0.05) is 26.2 Å². The maximum absolute atomic E-state index is 12.7.